The molecular formula is C30H31ClN4O2. The third-order valence-corrected chi connectivity index (χ3v) is 6.89. The smallest absolute Gasteiger partial charge is 0.262 e. The van der Waals surface area contributed by atoms with Crippen LogP contribution in [0.4, 0.5) is 0 Å². The Morgan fingerprint density at radius 1 is 0.973 bits per heavy atom. The summed E-state index contributed by atoms with van der Waals surface area (Å²) in [5.41, 5.74) is 4.27. The van der Waals surface area contributed by atoms with Gasteiger partial charge in [-0.05, 0) is 86.8 Å². The van der Waals surface area contributed by atoms with Crippen molar-refractivity contribution in [3.8, 4) is 22.5 Å². The van der Waals surface area contributed by atoms with Crippen LogP contribution in [0.3, 0.4) is 0 Å². The van der Waals surface area contributed by atoms with Gasteiger partial charge in [0, 0.05) is 23.2 Å². The van der Waals surface area contributed by atoms with Crippen LogP contribution >= 0.6 is 11.6 Å². The first-order chi connectivity index (χ1) is 17.9. The van der Waals surface area contributed by atoms with Gasteiger partial charge in [0.2, 0.25) is 5.91 Å². The van der Waals surface area contributed by atoms with Crippen LogP contribution in [-0.2, 0) is 17.9 Å². The molecule has 0 unspecified atom stereocenters. The van der Waals surface area contributed by atoms with Gasteiger partial charge < -0.3 is 5.32 Å². The van der Waals surface area contributed by atoms with Crippen LogP contribution in [-0.4, -0.2) is 39.5 Å². The molecule has 0 bridgehead atoms. The predicted octanol–water partition coefficient (Wildman–Crippen LogP) is 5.50. The number of aromatic nitrogens is 2. The first kappa shape index (κ1) is 25.2. The topological polar surface area (TPSA) is 67.2 Å². The fourth-order valence-electron chi connectivity index (χ4n) is 4.95. The van der Waals surface area contributed by atoms with Gasteiger partial charge in [-0.2, -0.15) is 0 Å². The Balaban J connectivity index is 1.58. The van der Waals surface area contributed by atoms with Gasteiger partial charge in [-0.3, -0.25) is 19.1 Å². The van der Waals surface area contributed by atoms with Gasteiger partial charge in [-0.1, -0.05) is 48.0 Å². The number of fused-ring (bicyclic) bond motifs is 1. The van der Waals surface area contributed by atoms with Crippen LogP contribution < -0.4 is 10.9 Å². The molecule has 5 rings (SSSR count). The van der Waals surface area contributed by atoms with Crippen molar-refractivity contribution in [2.45, 2.75) is 45.8 Å². The summed E-state index contributed by atoms with van der Waals surface area (Å²) in [6.45, 7) is 6.87. The number of rotatable bonds is 7. The van der Waals surface area contributed by atoms with Crippen LogP contribution in [0.1, 0.15) is 32.3 Å². The number of halogens is 1. The van der Waals surface area contributed by atoms with Crippen molar-refractivity contribution in [3.05, 3.63) is 87.7 Å². The summed E-state index contributed by atoms with van der Waals surface area (Å²) in [6, 6.07) is 21.4. The SMILES string of the molecule is CC(C)NC(=O)Cn1c(-c2cccc(Cl)c2)nc2ccc(-c3cccc(CN4CCCC4)c3)cc2c1=O. The summed E-state index contributed by atoms with van der Waals surface area (Å²) in [6.07, 6.45) is 2.52. The molecular weight excluding hydrogens is 484 g/mol. The summed E-state index contributed by atoms with van der Waals surface area (Å²) < 4.78 is 1.44. The van der Waals surface area contributed by atoms with Crippen LogP contribution in [0.5, 0.6) is 0 Å². The molecule has 0 aliphatic carbocycles. The second kappa shape index (κ2) is 10.9. The third-order valence-electron chi connectivity index (χ3n) is 6.65. The lowest BCUT2D eigenvalue weighted by Gasteiger charge is -2.16. The molecule has 0 atom stereocenters. The van der Waals surface area contributed by atoms with E-state index in [0.29, 0.717) is 27.3 Å². The minimum absolute atomic E-state index is 0.0364. The number of nitrogens with zero attached hydrogens (tertiary/aromatic N) is 3. The standard InChI is InChI=1S/C30H31ClN4O2/c1-20(2)32-28(36)19-35-29(24-9-6-10-25(31)16-24)33-27-12-11-23(17-26(27)30(35)37)22-8-5-7-21(15-22)18-34-13-3-4-14-34/h5-12,15-17,20H,3-4,13-14,18-19H2,1-2H3,(H,32,36). The maximum Gasteiger partial charge on any atom is 0.262 e. The average Bonchev–Trinajstić information content (AvgIpc) is 3.38. The van der Waals surface area contributed by atoms with Gasteiger partial charge in [0.15, 0.2) is 0 Å². The van der Waals surface area contributed by atoms with Crippen LogP contribution in [0.2, 0.25) is 5.02 Å². The van der Waals surface area contributed by atoms with Crippen molar-refractivity contribution in [1.29, 1.82) is 0 Å². The van der Waals surface area contributed by atoms with E-state index in [0.717, 1.165) is 30.8 Å². The molecule has 7 heteroatoms. The van der Waals surface area contributed by atoms with Gasteiger partial charge in [-0.25, -0.2) is 4.98 Å². The normalized spacial score (nSPS) is 13.9. The van der Waals surface area contributed by atoms with E-state index in [1.54, 1.807) is 12.1 Å². The summed E-state index contributed by atoms with van der Waals surface area (Å²) in [7, 11) is 0. The molecule has 1 amide bonds. The molecule has 4 aromatic rings. The fraction of sp³-hybridized carbons (Fsp3) is 0.300. The molecule has 1 N–H and O–H groups in total. The molecule has 1 saturated heterocycles. The molecule has 1 aromatic heterocycles. The summed E-state index contributed by atoms with van der Waals surface area (Å²) in [5, 5.41) is 3.89. The van der Waals surface area contributed by atoms with Crippen molar-refractivity contribution < 1.29 is 4.79 Å². The highest BCUT2D eigenvalue weighted by molar-refractivity contribution is 6.30. The number of amides is 1. The molecule has 190 valence electrons. The number of hydrogen-bond acceptors (Lipinski definition) is 4. The number of carbonyl (C=O) groups excluding carboxylic acids is 1. The van der Waals surface area contributed by atoms with Crippen LogP contribution in [0.15, 0.2) is 71.5 Å². The highest BCUT2D eigenvalue weighted by Gasteiger charge is 2.17. The molecule has 0 spiro atoms. The summed E-state index contributed by atoms with van der Waals surface area (Å²) >= 11 is 6.24. The van der Waals surface area contributed by atoms with Crippen LogP contribution in [0, 0.1) is 0 Å². The van der Waals surface area contributed by atoms with Gasteiger partial charge >= 0.3 is 0 Å². The Morgan fingerprint density at radius 3 is 2.46 bits per heavy atom. The Labute approximate surface area is 221 Å². The minimum Gasteiger partial charge on any atom is -0.352 e. The first-order valence-electron chi connectivity index (χ1n) is 12.8. The zero-order valence-electron chi connectivity index (χ0n) is 21.2. The molecule has 1 fully saturated rings. The first-order valence-corrected chi connectivity index (χ1v) is 13.2. The van der Waals surface area contributed by atoms with E-state index in [2.05, 4.69) is 34.5 Å². The Hall–Kier alpha value is -3.48. The van der Waals surface area contributed by atoms with E-state index in [1.807, 2.05) is 44.2 Å². The fourth-order valence-corrected chi connectivity index (χ4v) is 5.14. The number of benzene rings is 3. The second-order valence-electron chi connectivity index (χ2n) is 9.97. The second-order valence-corrected chi connectivity index (χ2v) is 10.4. The molecule has 0 saturated carbocycles. The van der Waals surface area contributed by atoms with E-state index in [-0.39, 0.29) is 24.1 Å². The van der Waals surface area contributed by atoms with Gasteiger partial charge in [0.25, 0.3) is 5.56 Å². The zero-order valence-corrected chi connectivity index (χ0v) is 22.0. The number of hydrogen-bond donors (Lipinski definition) is 1. The third kappa shape index (κ3) is 5.76. The van der Waals surface area contributed by atoms with E-state index in [4.69, 9.17) is 16.6 Å². The maximum atomic E-state index is 13.8. The van der Waals surface area contributed by atoms with Crippen molar-refractivity contribution in [1.82, 2.24) is 19.8 Å². The maximum absolute atomic E-state index is 13.8. The van der Waals surface area contributed by atoms with Crippen molar-refractivity contribution in [2.24, 2.45) is 0 Å². The quantitative estimate of drug-likeness (QED) is 0.353. The lowest BCUT2D eigenvalue weighted by molar-refractivity contribution is -0.122. The number of likely N-dealkylation sites (tertiary alicyclic amines) is 1. The van der Waals surface area contributed by atoms with E-state index < -0.39 is 0 Å². The highest BCUT2D eigenvalue weighted by atomic mass is 35.5. The lowest BCUT2D eigenvalue weighted by atomic mass is 10.0. The van der Waals surface area contributed by atoms with Gasteiger partial charge in [-0.15, -0.1) is 0 Å². The highest BCUT2D eigenvalue weighted by Crippen LogP contribution is 2.27. The molecule has 6 nitrogen and oxygen atoms in total. The van der Waals surface area contributed by atoms with E-state index >= 15 is 0 Å². The molecule has 0 radical (unpaired) electrons. The van der Waals surface area contributed by atoms with Crippen molar-refractivity contribution >= 4 is 28.4 Å². The Bertz CT molecular complexity index is 1510. The minimum atomic E-state index is -0.256. The average molecular weight is 515 g/mol. The Morgan fingerprint density at radius 2 is 1.70 bits per heavy atom. The van der Waals surface area contributed by atoms with Crippen molar-refractivity contribution in [3.63, 3.8) is 0 Å². The molecule has 37 heavy (non-hydrogen) atoms. The largest absolute Gasteiger partial charge is 0.352 e. The van der Waals surface area contributed by atoms with Gasteiger partial charge in [0.1, 0.15) is 12.4 Å². The van der Waals surface area contributed by atoms with Crippen molar-refractivity contribution in [2.75, 3.05) is 13.1 Å². The lowest BCUT2D eigenvalue weighted by Crippen LogP contribution is -2.37. The monoisotopic (exact) mass is 514 g/mol. The zero-order chi connectivity index (χ0) is 25.9. The molecule has 2 heterocycles. The van der Waals surface area contributed by atoms with Gasteiger partial charge in [0.05, 0.1) is 10.9 Å². The molecule has 1 aliphatic heterocycles. The summed E-state index contributed by atoms with van der Waals surface area (Å²) in [5.74, 6) is 0.173. The summed E-state index contributed by atoms with van der Waals surface area (Å²) in [4.78, 5) is 33.8. The number of nitrogens with one attached hydrogen (secondary N) is 1. The Kier molecular flexibility index (Phi) is 7.40. The number of carbonyl (C=O) groups is 1. The predicted molar refractivity (Wildman–Crippen MR) is 150 cm³/mol. The molecule has 3 aromatic carbocycles. The van der Waals surface area contributed by atoms with E-state index in [9.17, 15) is 9.59 Å². The van der Waals surface area contributed by atoms with Crippen LogP contribution in [0.25, 0.3) is 33.4 Å². The molecule has 1 aliphatic rings. The van der Waals surface area contributed by atoms with E-state index in [1.165, 1.54) is 23.0 Å².